The highest BCUT2D eigenvalue weighted by atomic mass is 35.5. The van der Waals surface area contributed by atoms with Crippen LogP contribution in [0.4, 0.5) is 0 Å². The summed E-state index contributed by atoms with van der Waals surface area (Å²) in [6, 6.07) is 0. The van der Waals surface area contributed by atoms with E-state index in [0.29, 0.717) is 16.0 Å². The molecule has 1 unspecified atom stereocenters. The molecule has 0 radical (unpaired) electrons. The predicted molar refractivity (Wildman–Crippen MR) is 61.1 cm³/mol. The molecule has 0 spiro atoms. The molecule has 0 aromatic carbocycles. The number of thioether (sulfide) groups is 1. The summed E-state index contributed by atoms with van der Waals surface area (Å²) < 4.78 is 2.10. The molecule has 0 saturated carbocycles. The van der Waals surface area contributed by atoms with Crippen LogP contribution in [0.2, 0.25) is 5.15 Å². The lowest BCUT2D eigenvalue weighted by Crippen LogP contribution is -2.00. The molecule has 1 aliphatic heterocycles. The topological polar surface area (TPSA) is 43.6 Å². The van der Waals surface area contributed by atoms with Crippen LogP contribution in [0.15, 0.2) is 12.7 Å². The first-order valence-corrected chi connectivity index (χ1v) is 6.23. The summed E-state index contributed by atoms with van der Waals surface area (Å²) in [5, 5.41) is 0.891. The molecule has 3 heterocycles. The first-order valence-electron chi connectivity index (χ1n) is 4.81. The highest BCUT2D eigenvalue weighted by molar-refractivity contribution is 7.99. The summed E-state index contributed by atoms with van der Waals surface area (Å²) in [7, 11) is 0. The van der Waals surface area contributed by atoms with Crippen molar-refractivity contribution < 1.29 is 0 Å². The van der Waals surface area contributed by atoms with Crippen LogP contribution in [0.25, 0.3) is 11.2 Å². The van der Waals surface area contributed by atoms with Crippen LogP contribution >= 0.6 is 23.4 Å². The third-order valence-electron chi connectivity index (χ3n) is 2.53. The molecule has 0 aliphatic carbocycles. The molecule has 0 N–H and O–H groups in total. The number of imidazole rings is 1. The van der Waals surface area contributed by atoms with E-state index in [9.17, 15) is 0 Å². The van der Waals surface area contributed by atoms with Crippen molar-refractivity contribution in [2.75, 3.05) is 5.75 Å². The molecule has 1 aliphatic rings. The molecule has 1 atom stereocenters. The number of nitrogens with zero attached hydrogens (tertiary/aromatic N) is 4. The standard InChI is InChI=1S/C9H9ClN4S/c10-8-7-9(12-4-11-8)14(5-13-7)6-2-1-3-15-6/h4-6H,1-3H2. The van der Waals surface area contributed by atoms with Gasteiger partial charge in [-0.15, -0.1) is 11.8 Å². The monoisotopic (exact) mass is 240 g/mol. The molecule has 78 valence electrons. The van der Waals surface area contributed by atoms with Gasteiger partial charge in [0.2, 0.25) is 0 Å². The van der Waals surface area contributed by atoms with Gasteiger partial charge in [-0.1, -0.05) is 11.6 Å². The maximum Gasteiger partial charge on any atom is 0.165 e. The minimum absolute atomic E-state index is 0.432. The van der Waals surface area contributed by atoms with E-state index in [0.717, 1.165) is 5.65 Å². The SMILES string of the molecule is Clc1ncnc2c1ncn2C1CCCS1. The lowest BCUT2D eigenvalue weighted by atomic mass is 10.3. The van der Waals surface area contributed by atoms with E-state index in [1.54, 1.807) is 0 Å². The Labute approximate surface area is 96.1 Å². The molecule has 6 heteroatoms. The zero-order valence-electron chi connectivity index (χ0n) is 7.93. The molecule has 1 saturated heterocycles. The Morgan fingerprint density at radius 1 is 1.40 bits per heavy atom. The average molecular weight is 241 g/mol. The second-order valence-corrected chi connectivity index (χ2v) is 5.10. The lowest BCUT2D eigenvalue weighted by Gasteiger charge is -2.10. The van der Waals surface area contributed by atoms with E-state index in [2.05, 4.69) is 19.5 Å². The van der Waals surface area contributed by atoms with Crippen LogP contribution in [0.3, 0.4) is 0 Å². The zero-order chi connectivity index (χ0) is 10.3. The number of fused-ring (bicyclic) bond motifs is 1. The Morgan fingerprint density at radius 3 is 3.13 bits per heavy atom. The number of hydrogen-bond acceptors (Lipinski definition) is 4. The van der Waals surface area contributed by atoms with Crippen LogP contribution in [-0.4, -0.2) is 25.3 Å². The third-order valence-corrected chi connectivity index (χ3v) is 4.18. The molecule has 2 aromatic heterocycles. The minimum Gasteiger partial charge on any atom is -0.302 e. The van der Waals surface area contributed by atoms with Crippen molar-refractivity contribution in [2.24, 2.45) is 0 Å². The van der Waals surface area contributed by atoms with E-state index in [1.807, 2.05) is 18.1 Å². The van der Waals surface area contributed by atoms with E-state index in [4.69, 9.17) is 11.6 Å². The fourth-order valence-electron chi connectivity index (χ4n) is 1.81. The Kier molecular flexibility index (Phi) is 2.29. The van der Waals surface area contributed by atoms with Crippen molar-refractivity contribution >= 4 is 34.5 Å². The normalized spacial score (nSPS) is 21.3. The second kappa shape index (κ2) is 3.64. The van der Waals surface area contributed by atoms with Gasteiger partial charge in [0.1, 0.15) is 11.8 Å². The highest BCUT2D eigenvalue weighted by Gasteiger charge is 2.20. The van der Waals surface area contributed by atoms with Gasteiger partial charge in [0.25, 0.3) is 0 Å². The van der Waals surface area contributed by atoms with Gasteiger partial charge in [0.05, 0.1) is 11.7 Å². The van der Waals surface area contributed by atoms with Crippen molar-refractivity contribution in [1.29, 1.82) is 0 Å². The molecular weight excluding hydrogens is 232 g/mol. The van der Waals surface area contributed by atoms with Crippen LogP contribution < -0.4 is 0 Å². The summed E-state index contributed by atoms with van der Waals surface area (Å²) in [6.45, 7) is 0. The van der Waals surface area contributed by atoms with Gasteiger partial charge < -0.3 is 4.57 Å². The van der Waals surface area contributed by atoms with Crippen LogP contribution in [0.1, 0.15) is 18.2 Å². The Bertz CT molecular complexity index is 492. The fraction of sp³-hybridized carbons (Fsp3) is 0.444. The Balaban J connectivity index is 2.15. The van der Waals surface area contributed by atoms with Crippen molar-refractivity contribution in [3.05, 3.63) is 17.8 Å². The number of aromatic nitrogens is 4. The molecule has 15 heavy (non-hydrogen) atoms. The van der Waals surface area contributed by atoms with Crippen molar-refractivity contribution in [3.8, 4) is 0 Å². The maximum atomic E-state index is 5.94. The quantitative estimate of drug-likeness (QED) is 0.719. The Hall–Kier alpha value is -0.810. The van der Waals surface area contributed by atoms with E-state index in [1.165, 1.54) is 24.9 Å². The van der Waals surface area contributed by atoms with Crippen molar-refractivity contribution in [3.63, 3.8) is 0 Å². The van der Waals surface area contributed by atoms with E-state index < -0.39 is 0 Å². The summed E-state index contributed by atoms with van der Waals surface area (Å²) in [6.07, 6.45) is 5.74. The van der Waals surface area contributed by atoms with Crippen LogP contribution in [0, 0.1) is 0 Å². The van der Waals surface area contributed by atoms with Gasteiger partial charge in [-0.3, -0.25) is 0 Å². The summed E-state index contributed by atoms with van der Waals surface area (Å²) in [4.78, 5) is 12.4. The Morgan fingerprint density at radius 2 is 2.33 bits per heavy atom. The maximum absolute atomic E-state index is 5.94. The highest BCUT2D eigenvalue weighted by Crippen LogP contribution is 2.37. The predicted octanol–water partition coefficient (Wildman–Crippen LogP) is 2.51. The third kappa shape index (κ3) is 1.50. The summed E-state index contributed by atoms with van der Waals surface area (Å²) in [5.74, 6) is 1.21. The fourth-order valence-corrected chi connectivity index (χ4v) is 3.24. The molecular formula is C9H9ClN4S. The van der Waals surface area contributed by atoms with Gasteiger partial charge in [-0.2, -0.15) is 0 Å². The van der Waals surface area contributed by atoms with Gasteiger partial charge in [-0.25, -0.2) is 15.0 Å². The first-order chi connectivity index (χ1) is 7.36. The van der Waals surface area contributed by atoms with Gasteiger partial charge >= 0.3 is 0 Å². The summed E-state index contributed by atoms with van der Waals surface area (Å²) >= 11 is 7.88. The smallest absolute Gasteiger partial charge is 0.165 e. The molecule has 2 aromatic rings. The average Bonchev–Trinajstić information content (AvgIpc) is 2.85. The van der Waals surface area contributed by atoms with Crippen LogP contribution in [0.5, 0.6) is 0 Å². The molecule has 4 nitrogen and oxygen atoms in total. The van der Waals surface area contributed by atoms with Crippen molar-refractivity contribution in [1.82, 2.24) is 19.5 Å². The van der Waals surface area contributed by atoms with Gasteiger partial charge in [-0.05, 0) is 18.6 Å². The summed E-state index contributed by atoms with van der Waals surface area (Å²) in [5.41, 5.74) is 1.54. The zero-order valence-corrected chi connectivity index (χ0v) is 9.50. The first kappa shape index (κ1) is 9.42. The van der Waals surface area contributed by atoms with Crippen LogP contribution in [-0.2, 0) is 0 Å². The largest absolute Gasteiger partial charge is 0.302 e. The second-order valence-electron chi connectivity index (χ2n) is 3.46. The van der Waals surface area contributed by atoms with Crippen molar-refractivity contribution in [2.45, 2.75) is 18.2 Å². The number of rotatable bonds is 1. The van der Waals surface area contributed by atoms with E-state index in [-0.39, 0.29) is 0 Å². The molecule has 0 amide bonds. The molecule has 0 bridgehead atoms. The number of hydrogen-bond donors (Lipinski definition) is 0. The number of halogens is 1. The molecule has 3 rings (SSSR count). The minimum atomic E-state index is 0.432. The lowest BCUT2D eigenvalue weighted by molar-refractivity contribution is 0.654. The molecule has 1 fully saturated rings. The van der Waals surface area contributed by atoms with Gasteiger partial charge in [0.15, 0.2) is 10.8 Å². The van der Waals surface area contributed by atoms with E-state index >= 15 is 0 Å². The van der Waals surface area contributed by atoms with Gasteiger partial charge in [0, 0.05) is 0 Å².